The fraction of sp³-hybridized carbons (Fsp3) is 0.323. The predicted molar refractivity (Wildman–Crippen MR) is 156 cm³/mol. The lowest BCUT2D eigenvalue weighted by Crippen LogP contribution is -2.36. The Balaban J connectivity index is 1.11. The molecular formula is C31H30N4O10. The number of alkyl carbamates (subject to hydrolysis) is 1. The molecule has 1 aromatic carbocycles. The Kier molecular flexibility index (Phi) is 7.79. The maximum Gasteiger partial charge on any atom is 0.408 e. The van der Waals surface area contributed by atoms with E-state index in [1.807, 2.05) is 6.92 Å². The number of unbranched alkanes of at least 4 members (excludes halogenated alkanes) is 2. The van der Waals surface area contributed by atoms with E-state index >= 15 is 0 Å². The van der Waals surface area contributed by atoms with Crippen molar-refractivity contribution in [3.05, 3.63) is 69.0 Å². The van der Waals surface area contributed by atoms with E-state index in [1.54, 1.807) is 28.8 Å². The molecule has 6 rings (SSSR count). The van der Waals surface area contributed by atoms with Gasteiger partial charge >= 0.3 is 18.0 Å². The summed E-state index contributed by atoms with van der Waals surface area (Å²) >= 11 is 0. The molecule has 2 aliphatic heterocycles. The van der Waals surface area contributed by atoms with Gasteiger partial charge in [-0.1, -0.05) is 13.3 Å². The van der Waals surface area contributed by atoms with Gasteiger partial charge in [-0.2, -0.15) is 0 Å². The number of nitrogens with one attached hydrogen (secondary N) is 1. The smallest absolute Gasteiger partial charge is 0.408 e. The van der Waals surface area contributed by atoms with Crippen molar-refractivity contribution in [3.63, 3.8) is 0 Å². The van der Waals surface area contributed by atoms with Gasteiger partial charge in [0.15, 0.2) is 0 Å². The van der Waals surface area contributed by atoms with Crippen LogP contribution < -0.4 is 15.7 Å². The highest BCUT2D eigenvalue weighted by molar-refractivity contribution is 5.89. The second-order valence-electron chi connectivity index (χ2n) is 10.8. The number of phenols is 1. The molecule has 14 heteroatoms. The van der Waals surface area contributed by atoms with Crippen molar-refractivity contribution in [3.8, 4) is 28.9 Å². The highest BCUT2D eigenvalue weighted by Gasteiger charge is 2.38. The molecule has 3 aromatic heterocycles. The lowest BCUT2D eigenvalue weighted by Gasteiger charge is -2.25. The zero-order valence-electron chi connectivity index (χ0n) is 24.2. The third-order valence-corrected chi connectivity index (χ3v) is 7.93. The molecule has 4 N–H and O–H groups in total. The molecule has 0 bridgehead atoms. The first-order valence-electron chi connectivity index (χ1n) is 14.5. The van der Waals surface area contributed by atoms with Crippen LogP contribution in [-0.2, 0) is 38.6 Å². The summed E-state index contributed by atoms with van der Waals surface area (Å²) in [6, 6.07) is 8.93. The van der Waals surface area contributed by atoms with Crippen LogP contribution >= 0.6 is 0 Å². The molecule has 1 amide bonds. The molecule has 4 aromatic rings. The van der Waals surface area contributed by atoms with Crippen LogP contribution in [0.5, 0.6) is 17.5 Å². The van der Waals surface area contributed by atoms with Gasteiger partial charge in [0.25, 0.3) is 5.56 Å². The van der Waals surface area contributed by atoms with Crippen molar-refractivity contribution in [2.24, 2.45) is 0 Å². The van der Waals surface area contributed by atoms with Gasteiger partial charge in [-0.25, -0.2) is 19.4 Å². The molecule has 1 atom stereocenters. The summed E-state index contributed by atoms with van der Waals surface area (Å²) in [5.41, 5.74) is 3.67. The molecule has 0 aliphatic carbocycles. The first-order chi connectivity index (χ1) is 21.7. The Morgan fingerprint density at radius 1 is 1.04 bits per heavy atom. The highest BCUT2D eigenvalue weighted by Crippen LogP contribution is 2.39. The van der Waals surface area contributed by atoms with E-state index in [0.717, 1.165) is 16.5 Å². The fourth-order valence-corrected chi connectivity index (χ4v) is 5.75. The van der Waals surface area contributed by atoms with E-state index in [0.29, 0.717) is 47.3 Å². The Morgan fingerprint density at radius 3 is 2.58 bits per heavy atom. The molecule has 234 valence electrons. The van der Waals surface area contributed by atoms with Crippen molar-refractivity contribution in [1.82, 2.24) is 19.6 Å². The number of carbonyl (C=O) groups excluding carboxylic acids is 3. The number of aromatic nitrogens is 3. The number of pyridine rings is 2. The number of carbonyl (C=O) groups is 3. The minimum atomic E-state index is -1.45. The summed E-state index contributed by atoms with van der Waals surface area (Å²) in [6.45, 7) is 2.20. The molecule has 0 spiro atoms. The minimum absolute atomic E-state index is 0.0159. The zero-order chi connectivity index (χ0) is 31.8. The van der Waals surface area contributed by atoms with Gasteiger partial charge < -0.3 is 39.5 Å². The zero-order valence-corrected chi connectivity index (χ0v) is 24.2. The van der Waals surface area contributed by atoms with Crippen LogP contribution in [0, 0.1) is 0 Å². The van der Waals surface area contributed by atoms with Gasteiger partial charge in [0.1, 0.15) is 12.4 Å². The molecule has 0 saturated heterocycles. The minimum Gasteiger partial charge on any atom is -0.508 e. The highest BCUT2D eigenvalue weighted by atomic mass is 16.7. The number of hydrogen-bond donors (Lipinski definition) is 4. The van der Waals surface area contributed by atoms with Crippen LogP contribution in [0.15, 0.2) is 41.2 Å². The first-order valence-corrected chi connectivity index (χ1v) is 14.5. The second kappa shape index (κ2) is 11.9. The van der Waals surface area contributed by atoms with Crippen LogP contribution in [0.1, 0.15) is 61.0 Å². The molecule has 0 fully saturated rings. The first kappa shape index (κ1) is 29.5. The number of aromatic hydroxyl groups is 3. The molecule has 0 saturated carbocycles. The van der Waals surface area contributed by atoms with Gasteiger partial charge in [0, 0.05) is 41.6 Å². The number of cyclic esters (lactones) is 1. The van der Waals surface area contributed by atoms with Crippen LogP contribution in [0.3, 0.4) is 0 Å². The molecule has 0 radical (unpaired) electrons. The van der Waals surface area contributed by atoms with Gasteiger partial charge in [0.05, 0.1) is 29.0 Å². The monoisotopic (exact) mass is 618 g/mol. The third kappa shape index (κ3) is 5.50. The number of nitrogens with zero attached hydrogens (tertiary/aromatic N) is 3. The van der Waals surface area contributed by atoms with E-state index in [9.17, 15) is 34.5 Å². The summed E-state index contributed by atoms with van der Waals surface area (Å²) in [7, 11) is 0. The van der Waals surface area contributed by atoms with E-state index < -0.39 is 35.9 Å². The predicted octanol–water partition coefficient (Wildman–Crippen LogP) is 2.95. The number of phenolic OH excluding ortho intramolecular Hbond substituents is 1. The number of benzene rings is 1. The number of fused-ring (bicyclic) bond motifs is 5. The Bertz CT molecular complexity index is 1890. The van der Waals surface area contributed by atoms with Crippen molar-refractivity contribution in [2.75, 3.05) is 6.54 Å². The van der Waals surface area contributed by atoms with Crippen molar-refractivity contribution in [1.29, 1.82) is 0 Å². The van der Waals surface area contributed by atoms with Gasteiger partial charge in [-0.3, -0.25) is 4.79 Å². The molecule has 45 heavy (non-hydrogen) atoms. The summed E-state index contributed by atoms with van der Waals surface area (Å²) in [6.07, 6.45) is -0.220. The lowest BCUT2D eigenvalue weighted by molar-refractivity contribution is -0.157. The second-order valence-corrected chi connectivity index (χ2v) is 10.8. The summed E-state index contributed by atoms with van der Waals surface area (Å²) in [5.74, 6) is -2.16. The maximum atomic E-state index is 13.6. The molecule has 14 nitrogen and oxygen atoms in total. The van der Waals surface area contributed by atoms with Crippen molar-refractivity contribution in [2.45, 2.75) is 58.3 Å². The maximum absolute atomic E-state index is 13.6. The lowest BCUT2D eigenvalue weighted by atomic mass is 9.97. The number of hydrogen-bond acceptors (Lipinski definition) is 11. The van der Waals surface area contributed by atoms with Crippen molar-refractivity contribution >= 4 is 28.9 Å². The Morgan fingerprint density at radius 2 is 1.82 bits per heavy atom. The SMILES string of the molecule is CCc1c2c(nc3ccc(O)cc13)-c1cc3c(c(=O)n1C2)COC(=O)C3OC(=O)NCCCCCC(=O)On1c(O)ccc1O. The molecule has 5 heterocycles. The molecule has 2 aliphatic rings. The third-order valence-electron chi connectivity index (χ3n) is 7.93. The number of amides is 1. The van der Waals surface area contributed by atoms with Crippen LogP contribution in [0.4, 0.5) is 4.79 Å². The molecule has 1 unspecified atom stereocenters. The number of aryl methyl sites for hydroxylation is 1. The summed E-state index contributed by atoms with van der Waals surface area (Å²) in [5, 5.41) is 32.5. The normalized spacial score (nSPS) is 14.8. The number of esters is 1. The van der Waals surface area contributed by atoms with Gasteiger partial charge in [0.2, 0.25) is 17.9 Å². The average Bonchev–Trinajstić information content (AvgIpc) is 3.54. The molecular weight excluding hydrogens is 588 g/mol. The van der Waals surface area contributed by atoms with Crippen molar-refractivity contribution < 1.29 is 44.0 Å². The Hall–Kier alpha value is -5.53. The fourth-order valence-electron chi connectivity index (χ4n) is 5.75. The van der Waals surface area contributed by atoms with Crippen LogP contribution in [0.2, 0.25) is 0 Å². The van der Waals surface area contributed by atoms with E-state index in [4.69, 9.17) is 19.3 Å². The Labute approximate surface area is 255 Å². The average molecular weight is 619 g/mol. The summed E-state index contributed by atoms with van der Waals surface area (Å²) in [4.78, 5) is 60.6. The van der Waals surface area contributed by atoms with E-state index in [-0.39, 0.29) is 48.6 Å². The number of rotatable bonds is 9. The van der Waals surface area contributed by atoms with Crippen LogP contribution in [-0.4, -0.2) is 54.2 Å². The number of ether oxygens (including phenoxy) is 2. The van der Waals surface area contributed by atoms with Gasteiger partial charge in [-0.05, 0) is 49.1 Å². The quantitative estimate of drug-likeness (QED) is 0.140. The van der Waals surface area contributed by atoms with E-state index in [2.05, 4.69) is 5.32 Å². The summed E-state index contributed by atoms with van der Waals surface area (Å²) < 4.78 is 12.8. The topological polar surface area (TPSA) is 191 Å². The standard InChI is InChI=1S/C31H30N4O10/c1-2-17-18-12-16(36)7-8-22(18)33-27-20(17)14-34-23(27)13-19-21(29(34)40)15-43-30(41)28(19)44-31(42)32-11-5-3-4-6-26(39)45-35-24(37)9-10-25(35)38/h7-10,12-13,28,36-38H,2-6,11,14-15H2,1H3,(H,32,42). The van der Waals surface area contributed by atoms with Gasteiger partial charge in [-0.15, -0.1) is 4.73 Å². The largest absolute Gasteiger partial charge is 0.508 e. The van der Waals surface area contributed by atoms with E-state index in [1.165, 1.54) is 12.1 Å². The van der Waals surface area contributed by atoms with Crippen LogP contribution in [0.25, 0.3) is 22.3 Å².